The van der Waals surface area contributed by atoms with Gasteiger partial charge in [0.05, 0.1) is 20.9 Å². The molecule has 2 rings (SSSR count). The maximum atomic E-state index is 6.18. The second kappa shape index (κ2) is 5.10. The lowest BCUT2D eigenvalue weighted by atomic mass is 10.1. The van der Waals surface area contributed by atoms with Crippen molar-refractivity contribution < 1.29 is 0 Å². The second-order valence-electron chi connectivity index (χ2n) is 3.91. The van der Waals surface area contributed by atoms with E-state index in [4.69, 9.17) is 17.3 Å². The van der Waals surface area contributed by atoms with Crippen molar-refractivity contribution in [2.45, 2.75) is 19.4 Å². The Labute approximate surface area is 118 Å². The lowest BCUT2D eigenvalue weighted by molar-refractivity contribution is 0.644. The molecule has 0 saturated heterocycles. The molecule has 2 aromatic heterocycles. The number of hydrogen-bond acceptors (Lipinski definition) is 3. The number of hydrogen-bond donors (Lipinski definition) is 1. The first-order valence-electron chi connectivity index (χ1n) is 5.17. The predicted molar refractivity (Wildman–Crippen MR) is 75.6 cm³/mol. The molecule has 0 radical (unpaired) electrons. The first-order valence-corrected chi connectivity index (χ1v) is 7.22. The highest BCUT2D eigenvalue weighted by Gasteiger charge is 2.17. The van der Waals surface area contributed by atoms with Crippen LogP contribution in [-0.4, -0.2) is 9.78 Å². The lowest BCUT2D eigenvalue weighted by Crippen LogP contribution is -2.14. The van der Waals surface area contributed by atoms with E-state index < -0.39 is 0 Å². The van der Waals surface area contributed by atoms with E-state index in [0.717, 1.165) is 32.2 Å². The van der Waals surface area contributed by atoms with Crippen molar-refractivity contribution in [3.05, 3.63) is 37.2 Å². The lowest BCUT2D eigenvalue weighted by Gasteiger charge is -2.11. The first-order chi connectivity index (χ1) is 8.00. The standard InChI is InChI=1S/C11H13BrClN3S/c1-6-10(12)9(16(2)15-6)5-8(14)11-7(13)3-4-17-11/h3-4,8H,5,14H2,1-2H3. The van der Waals surface area contributed by atoms with Crippen LogP contribution in [0.5, 0.6) is 0 Å². The molecule has 0 amide bonds. The zero-order chi connectivity index (χ0) is 12.6. The molecule has 0 aliphatic heterocycles. The number of halogens is 2. The van der Waals surface area contributed by atoms with Crippen LogP contribution in [0.4, 0.5) is 0 Å². The average molecular weight is 335 g/mol. The van der Waals surface area contributed by atoms with Crippen LogP contribution < -0.4 is 5.73 Å². The van der Waals surface area contributed by atoms with E-state index in [2.05, 4.69) is 21.0 Å². The Bertz CT molecular complexity index is 535. The van der Waals surface area contributed by atoms with Gasteiger partial charge in [0.25, 0.3) is 0 Å². The Morgan fingerprint density at radius 1 is 1.65 bits per heavy atom. The van der Waals surface area contributed by atoms with Crippen LogP contribution in [0, 0.1) is 6.92 Å². The first kappa shape index (κ1) is 13.1. The van der Waals surface area contributed by atoms with E-state index in [1.165, 1.54) is 0 Å². The summed E-state index contributed by atoms with van der Waals surface area (Å²) in [4.78, 5) is 1.03. The summed E-state index contributed by atoms with van der Waals surface area (Å²) in [6.07, 6.45) is 0.720. The molecule has 0 aliphatic carbocycles. The Morgan fingerprint density at radius 2 is 2.35 bits per heavy atom. The van der Waals surface area contributed by atoms with Gasteiger partial charge in [-0.3, -0.25) is 4.68 Å². The van der Waals surface area contributed by atoms with Crippen molar-refractivity contribution in [1.82, 2.24) is 9.78 Å². The quantitative estimate of drug-likeness (QED) is 0.934. The maximum absolute atomic E-state index is 6.18. The Hall–Kier alpha value is -0.360. The SMILES string of the molecule is Cc1nn(C)c(CC(N)c2sccc2Cl)c1Br. The minimum absolute atomic E-state index is 0.0893. The molecule has 0 fully saturated rings. The molecule has 1 atom stereocenters. The van der Waals surface area contributed by atoms with Gasteiger partial charge in [-0.25, -0.2) is 0 Å². The molecule has 0 spiro atoms. The molecule has 92 valence electrons. The highest BCUT2D eigenvalue weighted by atomic mass is 79.9. The molecule has 17 heavy (non-hydrogen) atoms. The second-order valence-corrected chi connectivity index (χ2v) is 6.06. The van der Waals surface area contributed by atoms with Crippen molar-refractivity contribution in [1.29, 1.82) is 0 Å². The minimum atomic E-state index is -0.0893. The molecule has 1 unspecified atom stereocenters. The summed E-state index contributed by atoms with van der Waals surface area (Å²) < 4.78 is 2.89. The Kier molecular flexibility index (Phi) is 3.92. The number of nitrogens with zero attached hydrogens (tertiary/aromatic N) is 2. The number of thiophene rings is 1. The van der Waals surface area contributed by atoms with Crippen molar-refractivity contribution in [2.24, 2.45) is 12.8 Å². The van der Waals surface area contributed by atoms with Gasteiger partial charge in [0.2, 0.25) is 0 Å². The van der Waals surface area contributed by atoms with E-state index in [9.17, 15) is 0 Å². The van der Waals surface area contributed by atoms with Gasteiger partial charge in [-0.05, 0) is 34.3 Å². The summed E-state index contributed by atoms with van der Waals surface area (Å²) >= 11 is 11.2. The van der Waals surface area contributed by atoms with E-state index in [-0.39, 0.29) is 6.04 Å². The van der Waals surface area contributed by atoms with Gasteiger partial charge >= 0.3 is 0 Å². The normalized spacial score (nSPS) is 13.0. The third kappa shape index (κ3) is 2.57. The number of aromatic nitrogens is 2. The largest absolute Gasteiger partial charge is 0.323 e. The molecule has 2 N–H and O–H groups in total. The zero-order valence-corrected chi connectivity index (χ0v) is 12.7. The Balaban J connectivity index is 2.24. The van der Waals surface area contributed by atoms with Gasteiger partial charge in [-0.15, -0.1) is 11.3 Å². The zero-order valence-electron chi connectivity index (χ0n) is 9.58. The highest BCUT2D eigenvalue weighted by Crippen LogP contribution is 2.31. The van der Waals surface area contributed by atoms with Crippen LogP contribution in [0.1, 0.15) is 22.3 Å². The fourth-order valence-corrected chi connectivity index (χ4v) is 3.47. The van der Waals surface area contributed by atoms with Crippen LogP contribution in [0.15, 0.2) is 15.9 Å². The van der Waals surface area contributed by atoms with Crippen LogP contribution in [-0.2, 0) is 13.5 Å². The fraction of sp³-hybridized carbons (Fsp3) is 0.364. The molecule has 0 aromatic carbocycles. The van der Waals surface area contributed by atoms with Crippen LogP contribution in [0.3, 0.4) is 0 Å². The fourth-order valence-electron chi connectivity index (χ4n) is 1.77. The van der Waals surface area contributed by atoms with E-state index in [1.807, 2.05) is 30.1 Å². The molecular weight excluding hydrogens is 322 g/mol. The third-order valence-electron chi connectivity index (χ3n) is 2.66. The van der Waals surface area contributed by atoms with E-state index >= 15 is 0 Å². The van der Waals surface area contributed by atoms with Gasteiger partial charge in [-0.2, -0.15) is 5.10 Å². The number of nitrogens with two attached hydrogens (primary N) is 1. The third-order valence-corrected chi connectivity index (χ3v) is 5.18. The van der Waals surface area contributed by atoms with Gasteiger partial charge in [-0.1, -0.05) is 11.6 Å². The molecule has 2 heterocycles. The molecule has 6 heteroatoms. The summed E-state index contributed by atoms with van der Waals surface area (Å²) in [6, 6.07) is 1.79. The summed E-state index contributed by atoms with van der Waals surface area (Å²) in [5.41, 5.74) is 8.26. The maximum Gasteiger partial charge on any atom is 0.0738 e. The van der Waals surface area contributed by atoms with Gasteiger partial charge in [0, 0.05) is 24.4 Å². The number of rotatable bonds is 3. The van der Waals surface area contributed by atoms with Crippen LogP contribution in [0.25, 0.3) is 0 Å². The summed E-state index contributed by atoms with van der Waals surface area (Å²) in [6.45, 7) is 1.97. The Morgan fingerprint density at radius 3 is 2.82 bits per heavy atom. The van der Waals surface area contributed by atoms with Crippen molar-refractivity contribution in [2.75, 3.05) is 0 Å². The van der Waals surface area contributed by atoms with Gasteiger partial charge in [0.1, 0.15) is 0 Å². The van der Waals surface area contributed by atoms with Crippen LogP contribution >= 0.6 is 38.9 Å². The monoisotopic (exact) mass is 333 g/mol. The van der Waals surface area contributed by atoms with E-state index in [1.54, 1.807) is 11.3 Å². The number of aryl methyl sites for hydroxylation is 2. The molecule has 0 saturated carbocycles. The highest BCUT2D eigenvalue weighted by molar-refractivity contribution is 9.10. The van der Waals surface area contributed by atoms with Crippen molar-refractivity contribution in [3.8, 4) is 0 Å². The molecule has 0 aliphatic rings. The molecule has 3 nitrogen and oxygen atoms in total. The van der Waals surface area contributed by atoms with Gasteiger partial charge in [0.15, 0.2) is 0 Å². The smallest absolute Gasteiger partial charge is 0.0738 e. The van der Waals surface area contributed by atoms with Crippen LogP contribution in [0.2, 0.25) is 5.02 Å². The predicted octanol–water partition coefficient (Wildman–Crippen LogP) is 3.45. The molecule has 0 bridgehead atoms. The van der Waals surface area contributed by atoms with E-state index in [0.29, 0.717) is 0 Å². The topological polar surface area (TPSA) is 43.8 Å². The summed E-state index contributed by atoms with van der Waals surface area (Å²) in [5.74, 6) is 0. The van der Waals surface area contributed by atoms with Crippen molar-refractivity contribution >= 4 is 38.9 Å². The van der Waals surface area contributed by atoms with Crippen molar-refractivity contribution in [3.63, 3.8) is 0 Å². The molecular formula is C11H13BrClN3S. The average Bonchev–Trinajstić information content (AvgIpc) is 2.78. The summed E-state index contributed by atoms with van der Waals surface area (Å²) in [7, 11) is 1.93. The minimum Gasteiger partial charge on any atom is -0.323 e. The molecule has 2 aromatic rings. The van der Waals surface area contributed by atoms with Gasteiger partial charge < -0.3 is 5.73 Å². The summed E-state index contributed by atoms with van der Waals surface area (Å²) in [5, 5.41) is 7.06.